The quantitative estimate of drug-likeness (QED) is 0.378. The maximum atomic E-state index is 12.1. The van der Waals surface area contributed by atoms with Crippen molar-refractivity contribution < 1.29 is 14.3 Å². The van der Waals surface area contributed by atoms with Gasteiger partial charge in [0.2, 0.25) is 5.91 Å². The molecular formula is C22H35N5O3S. The van der Waals surface area contributed by atoms with Crippen molar-refractivity contribution in [2.75, 3.05) is 46.6 Å². The van der Waals surface area contributed by atoms with Crippen LogP contribution in [0.5, 0.6) is 0 Å². The minimum absolute atomic E-state index is 0.0215. The summed E-state index contributed by atoms with van der Waals surface area (Å²) in [5.74, 6) is 0.587. The fourth-order valence-electron chi connectivity index (χ4n) is 3.23. The number of rotatable bonds is 7. The van der Waals surface area contributed by atoms with Crippen LogP contribution in [0.4, 0.5) is 4.79 Å². The molecule has 8 nitrogen and oxygen atoms in total. The van der Waals surface area contributed by atoms with Gasteiger partial charge < -0.3 is 25.2 Å². The Labute approximate surface area is 189 Å². The summed E-state index contributed by atoms with van der Waals surface area (Å²) in [5.41, 5.74) is 2.37. The molecule has 31 heavy (non-hydrogen) atoms. The number of ether oxygens (including phenoxy) is 1. The molecule has 2 N–H and O–H groups in total. The van der Waals surface area contributed by atoms with Gasteiger partial charge in [-0.3, -0.25) is 4.79 Å². The van der Waals surface area contributed by atoms with Gasteiger partial charge in [-0.15, -0.1) is 11.8 Å². The zero-order chi connectivity index (χ0) is 22.8. The van der Waals surface area contributed by atoms with Crippen LogP contribution in [-0.4, -0.2) is 80.4 Å². The summed E-state index contributed by atoms with van der Waals surface area (Å²) in [4.78, 5) is 33.2. The molecule has 172 valence electrons. The number of amides is 2. The van der Waals surface area contributed by atoms with E-state index in [0.29, 0.717) is 32.2 Å². The van der Waals surface area contributed by atoms with E-state index < -0.39 is 0 Å². The standard InChI is InChI=1S/C22H35N5O3S/c1-6-30-22(29)27-11-9-18(10-12-27)25-21(24-15-20(28)26(3)4)23-14-17-8-7-16(2)13-19(17)31-5/h7-8,13,18H,6,9-12,14-15H2,1-5H3,(H2,23,24,25). The number of hydrogen-bond donors (Lipinski definition) is 2. The average Bonchev–Trinajstić information content (AvgIpc) is 2.76. The maximum Gasteiger partial charge on any atom is 0.409 e. The number of hydrogen-bond acceptors (Lipinski definition) is 5. The summed E-state index contributed by atoms with van der Waals surface area (Å²) >= 11 is 1.71. The number of aliphatic imine (C=N–C) groups is 1. The highest BCUT2D eigenvalue weighted by molar-refractivity contribution is 7.98. The van der Waals surface area contributed by atoms with Crippen molar-refractivity contribution in [1.82, 2.24) is 20.4 Å². The van der Waals surface area contributed by atoms with Crippen molar-refractivity contribution in [3.05, 3.63) is 29.3 Å². The number of carbonyl (C=O) groups is 2. The van der Waals surface area contributed by atoms with E-state index in [1.54, 1.807) is 35.7 Å². The van der Waals surface area contributed by atoms with Crippen molar-refractivity contribution in [1.29, 1.82) is 0 Å². The number of thioether (sulfide) groups is 1. The van der Waals surface area contributed by atoms with Crippen LogP contribution in [0.3, 0.4) is 0 Å². The van der Waals surface area contributed by atoms with Gasteiger partial charge in [0, 0.05) is 38.1 Å². The van der Waals surface area contributed by atoms with E-state index in [-0.39, 0.29) is 24.6 Å². The molecular weight excluding hydrogens is 414 g/mol. The molecule has 0 saturated carbocycles. The van der Waals surface area contributed by atoms with Crippen molar-refractivity contribution in [3.63, 3.8) is 0 Å². The van der Waals surface area contributed by atoms with Crippen LogP contribution in [-0.2, 0) is 16.1 Å². The van der Waals surface area contributed by atoms with Gasteiger partial charge in [-0.1, -0.05) is 12.1 Å². The molecule has 0 spiro atoms. The topological polar surface area (TPSA) is 86.3 Å². The van der Waals surface area contributed by atoms with E-state index in [9.17, 15) is 9.59 Å². The molecule has 2 rings (SSSR count). The molecule has 0 aliphatic carbocycles. The van der Waals surface area contributed by atoms with E-state index in [1.807, 2.05) is 6.92 Å². The fourth-order valence-corrected chi connectivity index (χ4v) is 3.93. The van der Waals surface area contributed by atoms with Crippen molar-refractivity contribution in [2.24, 2.45) is 4.99 Å². The summed E-state index contributed by atoms with van der Waals surface area (Å²) < 4.78 is 5.09. The summed E-state index contributed by atoms with van der Waals surface area (Å²) in [5, 5.41) is 6.60. The highest BCUT2D eigenvalue weighted by Gasteiger charge is 2.24. The second kappa shape index (κ2) is 12.4. The predicted molar refractivity (Wildman–Crippen MR) is 126 cm³/mol. The number of carbonyl (C=O) groups excluding carboxylic acids is 2. The van der Waals surface area contributed by atoms with Crippen molar-refractivity contribution in [2.45, 2.75) is 44.2 Å². The fraction of sp³-hybridized carbons (Fsp3) is 0.591. The van der Waals surface area contributed by atoms with Crippen LogP contribution in [0, 0.1) is 6.92 Å². The minimum Gasteiger partial charge on any atom is -0.450 e. The second-order valence-electron chi connectivity index (χ2n) is 7.73. The molecule has 0 radical (unpaired) electrons. The lowest BCUT2D eigenvalue weighted by Crippen LogP contribution is -2.51. The number of nitrogens with one attached hydrogen (secondary N) is 2. The third kappa shape index (κ3) is 7.97. The Morgan fingerprint density at radius 2 is 2.00 bits per heavy atom. The molecule has 1 aliphatic rings. The molecule has 0 aromatic heterocycles. The largest absolute Gasteiger partial charge is 0.450 e. The van der Waals surface area contributed by atoms with Crippen LogP contribution >= 0.6 is 11.8 Å². The van der Waals surface area contributed by atoms with Gasteiger partial charge in [-0.05, 0) is 50.1 Å². The molecule has 1 fully saturated rings. The predicted octanol–water partition coefficient (Wildman–Crippen LogP) is 2.46. The first-order chi connectivity index (χ1) is 14.8. The number of piperidine rings is 1. The molecule has 0 atom stereocenters. The summed E-state index contributed by atoms with van der Waals surface area (Å²) in [6.45, 7) is 6.23. The van der Waals surface area contributed by atoms with Crippen LogP contribution in [0.1, 0.15) is 30.9 Å². The Kier molecular flexibility index (Phi) is 9.97. The average molecular weight is 450 g/mol. The van der Waals surface area contributed by atoms with Gasteiger partial charge in [-0.2, -0.15) is 0 Å². The van der Waals surface area contributed by atoms with E-state index in [1.165, 1.54) is 10.5 Å². The lowest BCUT2D eigenvalue weighted by atomic mass is 10.1. The lowest BCUT2D eigenvalue weighted by Gasteiger charge is -2.32. The Balaban J connectivity index is 2.04. The summed E-state index contributed by atoms with van der Waals surface area (Å²) in [6.07, 6.45) is 3.39. The number of aryl methyl sites for hydroxylation is 1. The summed E-state index contributed by atoms with van der Waals surface area (Å²) in [7, 11) is 3.47. The van der Waals surface area contributed by atoms with Crippen molar-refractivity contribution in [3.8, 4) is 0 Å². The SMILES string of the molecule is CCOC(=O)N1CCC(NC(=NCc2ccc(C)cc2SC)NCC(=O)N(C)C)CC1. The molecule has 1 aromatic carbocycles. The first kappa shape index (κ1) is 24.8. The Bertz CT molecular complexity index is 776. The van der Waals surface area contributed by atoms with Crippen LogP contribution in [0.15, 0.2) is 28.1 Å². The van der Waals surface area contributed by atoms with Gasteiger partial charge in [0.1, 0.15) is 0 Å². The highest BCUT2D eigenvalue weighted by Crippen LogP contribution is 2.22. The molecule has 2 amide bonds. The smallest absolute Gasteiger partial charge is 0.409 e. The van der Waals surface area contributed by atoms with E-state index in [4.69, 9.17) is 9.73 Å². The Morgan fingerprint density at radius 1 is 1.29 bits per heavy atom. The molecule has 1 saturated heterocycles. The molecule has 0 unspecified atom stereocenters. The lowest BCUT2D eigenvalue weighted by molar-refractivity contribution is -0.127. The molecule has 1 heterocycles. The number of likely N-dealkylation sites (tertiary alicyclic amines) is 1. The first-order valence-electron chi connectivity index (χ1n) is 10.6. The van der Waals surface area contributed by atoms with Gasteiger partial charge in [0.25, 0.3) is 0 Å². The minimum atomic E-state index is -0.256. The van der Waals surface area contributed by atoms with E-state index in [2.05, 4.69) is 42.0 Å². The maximum absolute atomic E-state index is 12.1. The molecule has 1 aliphatic heterocycles. The third-order valence-corrected chi connectivity index (χ3v) is 5.94. The van der Waals surface area contributed by atoms with Gasteiger partial charge in [-0.25, -0.2) is 9.79 Å². The zero-order valence-corrected chi connectivity index (χ0v) is 20.1. The van der Waals surface area contributed by atoms with Crippen LogP contribution < -0.4 is 10.6 Å². The van der Waals surface area contributed by atoms with Gasteiger partial charge in [0.05, 0.1) is 19.7 Å². The van der Waals surface area contributed by atoms with E-state index >= 15 is 0 Å². The van der Waals surface area contributed by atoms with Gasteiger partial charge in [0.15, 0.2) is 5.96 Å². The van der Waals surface area contributed by atoms with Crippen molar-refractivity contribution >= 4 is 29.7 Å². The molecule has 9 heteroatoms. The number of nitrogens with zero attached hydrogens (tertiary/aromatic N) is 3. The number of benzene rings is 1. The first-order valence-corrected chi connectivity index (χ1v) is 11.9. The normalized spacial score (nSPS) is 14.9. The third-order valence-electron chi connectivity index (χ3n) is 5.12. The Hall–Kier alpha value is -2.42. The molecule has 1 aromatic rings. The Morgan fingerprint density at radius 3 is 2.61 bits per heavy atom. The number of likely N-dealkylation sites (N-methyl/N-ethyl adjacent to an activating group) is 1. The second-order valence-corrected chi connectivity index (χ2v) is 8.57. The van der Waals surface area contributed by atoms with Gasteiger partial charge >= 0.3 is 6.09 Å². The monoisotopic (exact) mass is 449 g/mol. The van der Waals surface area contributed by atoms with Crippen LogP contribution in [0.2, 0.25) is 0 Å². The molecule has 0 bridgehead atoms. The highest BCUT2D eigenvalue weighted by atomic mass is 32.2. The number of guanidine groups is 1. The van der Waals surface area contributed by atoms with E-state index in [0.717, 1.165) is 18.4 Å². The zero-order valence-electron chi connectivity index (χ0n) is 19.2. The summed E-state index contributed by atoms with van der Waals surface area (Å²) in [6, 6.07) is 6.53. The van der Waals surface area contributed by atoms with Crippen LogP contribution in [0.25, 0.3) is 0 Å².